The predicted molar refractivity (Wildman–Crippen MR) is 100 cm³/mol. The van der Waals surface area contributed by atoms with Crippen molar-refractivity contribution in [1.29, 1.82) is 0 Å². The fourth-order valence-electron chi connectivity index (χ4n) is 2.12. The Morgan fingerprint density at radius 2 is 2.16 bits per heavy atom. The maximum atomic E-state index is 10.7. The van der Waals surface area contributed by atoms with Gasteiger partial charge in [-0.25, -0.2) is 9.78 Å². The molecule has 2 heterocycles. The number of unbranched alkanes of at least 4 members (excludes halogenated alkanes) is 3. The van der Waals surface area contributed by atoms with Crippen molar-refractivity contribution in [1.82, 2.24) is 10.3 Å². The zero-order valence-corrected chi connectivity index (χ0v) is 15.1. The van der Waals surface area contributed by atoms with Crippen molar-refractivity contribution in [3.05, 3.63) is 23.3 Å². The van der Waals surface area contributed by atoms with Crippen LogP contribution in [0, 0.1) is 0 Å². The number of hydrogen-bond donors (Lipinski definition) is 4. The molecule has 0 saturated heterocycles. The number of guanidine groups is 1. The minimum absolute atomic E-state index is 0.238. The molecule has 0 spiro atoms. The van der Waals surface area contributed by atoms with Crippen LogP contribution in [0.1, 0.15) is 38.4 Å². The Labute approximate surface area is 150 Å². The van der Waals surface area contributed by atoms with Gasteiger partial charge in [-0.05, 0) is 18.6 Å². The standard InChI is InChI=1S/C16H24N6O2S/c1-2-3-4-5-8-19-14(17)22-16-21-12(10-25-16)13-7-6-11(24-13)9-20-15(18)23/h6-7,10H,2-5,8-9H2,1H3,(H3,18,20,23)(H3,17,19,21,22). The summed E-state index contributed by atoms with van der Waals surface area (Å²) in [6.07, 6.45) is 4.62. The van der Waals surface area contributed by atoms with Crippen LogP contribution in [0.4, 0.5) is 9.93 Å². The summed E-state index contributed by atoms with van der Waals surface area (Å²) >= 11 is 1.41. The van der Waals surface area contributed by atoms with Crippen LogP contribution in [0.15, 0.2) is 26.9 Å². The summed E-state index contributed by atoms with van der Waals surface area (Å²) in [5.74, 6) is 1.58. The lowest BCUT2D eigenvalue weighted by Gasteiger charge is -2.01. The Morgan fingerprint density at radius 3 is 2.92 bits per heavy atom. The van der Waals surface area contributed by atoms with Crippen LogP contribution in [0.25, 0.3) is 11.5 Å². The largest absolute Gasteiger partial charge is 0.458 e. The van der Waals surface area contributed by atoms with Crippen molar-refractivity contribution < 1.29 is 9.21 Å². The number of carbonyl (C=O) groups is 1. The SMILES string of the molecule is CCCCCCN=C(N)Nc1nc(-c2ccc(CNC(N)=O)o2)cs1. The average Bonchev–Trinajstić information content (AvgIpc) is 3.21. The number of nitrogens with one attached hydrogen (secondary N) is 2. The van der Waals surface area contributed by atoms with Gasteiger partial charge < -0.3 is 26.5 Å². The molecule has 0 aliphatic rings. The van der Waals surface area contributed by atoms with E-state index in [1.54, 1.807) is 12.1 Å². The molecule has 0 aliphatic carbocycles. The third-order valence-corrected chi connectivity index (χ3v) is 4.14. The number of aromatic nitrogens is 1. The molecule has 0 unspecified atom stereocenters. The molecule has 9 heteroatoms. The summed E-state index contributed by atoms with van der Waals surface area (Å²) in [7, 11) is 0. The third kappa shape index (κ3) is 6.46. The Morgan fingerprint density at radius 1 is 1.32 bits per heavy atom. The van der Waals surface area contributed by atoms with Gasteiger partial charge in [0.15, 0.2) is 16.9 Å². The number of amides is 2. The molecule has 0 bridgehead atoms. The van der Waals surface area contributed by atoms with Crippen molar-refractivity contribution in [2.45, 2.75) is 39.2 Å². The second-order valence-electron chi connectivity index (χ2n) is 5.47. The van der Waals surface area contributed by atoms with E-state index in [-0.39, 0.29) is 6.54 Å². The zero-order valence-electron chi connectivity index (χ0n) is 14.2. The van der Waals surface area contributed by atoms with Crippen LogP contribution >= 0.6 is 11.3 Å². The summed E-state index contributed by atoms with van der Waals surface area (Å²) in [6.45, 7) is 3.13. The molecule has 6 N–H and O–H groups in total. The maximum Gasteiger partial charge on any atom is 0.312 e. The number of thiazole rings is 1. The highest BCUT2D eigenvalue weighted by Crippen LogP contribution is 2.26. The summed E-state index contributed by atoms with van der Waals surface area (Å²) in [4.78, 5) is 19.4. The molecular formula is C16H24N6O2S. The van der Waals surface area contributed by atoms with Gasteiger partial charge in [0.05, 0.1) is 6.54 Å². The van der Waals surface area contributed by atoms with E-state index < -0.39 is 6.03 Å². The fourth-order valence-corrected chi connectivity index (χ4v) is 2.82. The fraction of sp³-hybridized carbons (Fsp3) is 0.438. The van der Waals surface area contributed by atoms with E-state index in [0.29, 0.717) is 34.9 Å². The monoisotopic (exact) mass is 364 g/mol. The quantitative estimate of drug-likeness (QED) is 0.308. The molecular weight excluding hydrogens is 340 g/mol. The Bertz CT molecular complexity index is 709. The van der Waals surface area contributed by atoms with Gasteiger partial charge in [0, 0.05) is 11.9 Å². The minimum atomic E-state index is -0.595. The van der Waals surface area contributed by atoms with Crippen LogP contribution in [-0.2, 0) is 6.54 Å². The van der Waals surface area contributed by atoms with Gasteiger partial charge in [0.25, 0.3) is 0 Å². The van der Waals surface area contributed by atoms with E-state index in [0.717, 1.165) is 6.42 Å². The van der Waals surface area contributed by atoms with Gasteiger partial charge in [-0.2, -0.15) is 0 Å². The first kappa shape index (κ1) is 18.8. The molecule has 0 saturated carbocycles. The van der Waals surface area contributed by atoms with Crippen molar-refractivity contribution in [3.63, 3.8) is 0 Å². The lowest BCUT2D eigenvalue weighted by Crippen LogP contribution is -2.28. The number of aliphatic imine (C=N–C) groups is 1. The smallest absolute Gasteiger partial charge is 0.312 e. The lowest BCUT2D eigenvalue weighted by molar-refractivity contribution is 0.247. The Kier molecular flexibility index (Phi) is 7.27. The molecule has 8 nitrogen and oxygen atoms in total. The molecule has 2 aromatic rings. The Balaban J connectivity index is 1.87. The molecule has 0 fully saturated rings. The van der Waals surface area contributed by atoms with E-state index in [1.165, 1.54) is 30.6 Å². The van der Waals surface area contributed by atoms with Crippen molar-refractivity contribution in [3.8, 4) is 11.5 Å². The van der Waals surface area contributed by atoms with E-state index in [9.17, 15) is 4.79 Å². The number of furan rings is 1. The highest BCUT2D eigenvalue weighted by atomic mass is 32.1. The molecule has 25 heavy (non-hydrogen) atoms. The molecule has 2 amide bonds. The molecule has 0 aliphatic heterocycles. The second kappa shape index (κ2) is 9.67. The average molecular weight is 364 g/mol. The third-order valence-electron chi connectivity index (χ3n) is 3.38. The molecule has 0 aromatic carbocycles. The number of carbonyl (C=O) groups excluding carboxylic acids is 1. The normalized spacial score (nSPS) is 11.5. The highest BCUT2D eigenvalue weighted by molar-refractivity contribution is 7.14. The van der Waals surface area contributed by atoms with Crippen molar-refractivity contribution in [2.24, 2.45) is 16.5 Å². The zero-order chi connectivity index (χ0) is 18.1. The number of hydrogen-bond acceptors (Lipinski definition) is 5. The topological polar surface area (TPSA) is 132 Å². The van der Waals surface area contributed by atoms with Gasteiger partial charge in [-0.1, -0.05) is 26.2 Å². The minimum Gasteiger partial charge on any atom is -0.458 e. The van der Waals surface area contributed by atoms with Crippen LogP contribution in [0.3, 0.4) is 0 Å². The number of nitrogens with two attached hydrogens (primary N) is 2. The molecule has 136 valence electrons. The van der Waals surface area contributed by atoms with Crippen LogP contribution in [-0.4, -0.2) is 23.5 Å². The number of nitrogens with zero attached hydrogens (tertiary/aromatic N) is 2. The van der Waals surface area contributed by atoms with Crippen LogP contribution < -0.4 is 22.1 Å². The number of anilines is 1. The molecule has 2 rings (SSSR count). The second-order valence-corrected chi connectivity index (χ2v) is 6.33. The number of primary amides is 1. The molecule has 0 atom stereocenters. The van der Waals surface area contributed by atoms with Gasteiger partial charge in [0.1, 0.15) is 11.5 Å². The van der Waals surface area contributed by atoms with Crippen molar-refractivity contribution >= 4 is 28.5 Å². The summed E-state index contributed by atoms with van der Waals surface area (Å²) in [5, 5.41) is 7.98. The maximum absolute atomic E-state index is 10.7. The van der Waals surface area contributed by atoms with Gasteiger partial charge in [-0.15, -0.1) is 11.3 Å². The molecule has 2 aromatic heterocycles. The number of urea groups is 1. The highest BCUT2D eigenvalue weighted by Gasteiger charge is 2.10. The van der Waals surface area contributed by atoms with E-state index >= 15 is 0 Å². The first-order valence-corrected chi connectivity index (χ1v) is 9.11. The summed E-state index contributed by atoms with van der Waals surface area (Å²) in [5.41, 5.74) is 11.6. The van der Waals surface area contributed by atoms with E-state index in [4.69, 9.17) is 15.9 Å². The van der Waals surface area contributed by atoms with Gasteiger partial charge in [0.2, 0.25) is 0 Å². The van der Waals surface area contributed by atoms with Gasteiger partial charge >= 0.3 is 6.03 Å². The van der Waals surface area contributed by atoms with E-state index in [2.05, 4.69) is 27.5 Å². The first-order valence-electron chi connectivity index (χ1n) is 8.23. The van der Waals surface area contributed by atoms with Crippen LogP contribution in [0.2, 0.25) is 0 Å². The van der Waals surface area contributed by atoms with E-state index in [1.807, 2.05) is 5.38 Å². The number of rotatable bonds is 9. The Hall–Kier alpha value is -2.55. The summed E-state index contributed by atoms with van der Waals surface area (Å²) in [6, 6.07) is 2.97. The van der Waals surface area contributed by atoms with Gasteiger partial charge in [-0.3, -0.25) is 4.99 Å². The van der Waals surface area contributed by atoms with Crippen LogP contribution in [0.5, 0.6) is 0 Å². The predicted octanol–water partition coefficient (Wildman–Crippen LogP) is 2.88. The molecule has 0 radical (unpaired) electrons. The summed E-state index contributed by atoms with van der Waals surface area (Å²) < 4.78 is 5.63. The van der Waals surface area contributed by atoms with Crippen molar-refractivity contribution in [2.75, 3.05) is 11.9 Å². The first-order chi connectivity index (χ1) is 12.1. The lowest BCUT2D eigenvalue weighted by atomic mass is 10.2.